The zero-order valence-corrected chi connectivity index (χ0v) is 16.7. The molecule has 1 aliphatic heterocycles. The summed E-state index contributed by atoms with van der Waals surface area (Å²) in [5.41, 5.74) is -0.341. The van der Waals surface area contributed by atoms with E-state index in [0.29, 0.717) is 13.1 Å². The molecule has 0 unspecified atom stereocenters. The van der Waals surface area contributed by atoms with Crippen molar-refractivity contribution < 1.29 is 27.9 Å². The third-order valence-corrected chi connectivity index (χ3v) is 6.27. The molecule has 2 N–H and O–H groups in total. The molecular formula is C19H24N2O6S. The van der Waals surface area contributed by atoms with E-state index in [-0.39, 0.29) is 21.7 Å². The summed E-state index contributed by atoms with van der Waals surface area (Å²) in [4.78, 5) is 23.7. The molecule has 0 atom stereocenters. The van der Waals surface area contributed by atoms with Crippen molar-refractivity contribution >= 4 is 27.5 Å². The fourth-order valence-electron chi connectivity index (χ4n) is 3.01. The van der Waals surface area contributed by atoms with Gasteiger partial charge in [0.2, 0.25) is 10.0 Å². The molecule has 8 nitrogen and oxygen atoms in total. The van der Waals surface area contributed by atoms with Gasteiger partial charge in [-0.25, -0.2) is 13.2 Å². The molecular weight excluding hydrogens is 384 g/mol. The summed E-state index contributed by atoms with van der Waals surface area (Å²) in [7, 11) is -3.69. The number of aliphatic hydroxyl groups excluding tert-OH is 1. The summed E-state index contributed by atoms with van der Waals surface area (Å²) in [5.74, 6) is -1.88. The fourth-order valence-corrected chi connectivity index (χ4v) is 4.57. The topological polar surface area (TPSA) is 125 Å². The number of carbonyl (C=O) groups excluding carboxylic acids is 2. The number of aliphatic hydroxyl groups is 1. The van der Waals surface area contributed by atoms with Crippen molar-refractivity contribution in [3.63, 3.8) is 0 Å². The number of ether oxygens (including phenoxy) is 1. The van der Waals surface area contributed by atoms with E-state index in [9.17, 15) is 23.1 Å². The highest BCUT2D eigenvalue weighted by Gasteiger charge is 2.26. The molecule has 0 saturated carbocycles. The number of rotatable bonds is 7. The highest BCUT2D eigenvalue weighted by atomic mass is 32.2. The van der Waals surface area contributed by atoms with Gasteiger partial charge >= 0.3 is 5.97 Å². The SMILES string of the molecule is CC(=N)/C(C(C)=O)=C(/O)COC(=O)c1cccc(S(=O)(=O)N2CCCCC2)c1. The second kappa shape index (κ2) is 9.11. The largest absolute Gasteiger partial charge is 0.508 e. The Balaban J connectivity index is 2.17. The monoisotopic (exact) mass is 408 g/mol. The van der Waals surface area contributed by atoms with Crippen LogP contribution >= 0.6 is 0 Å². The van der Waals surface area contributed by atoms with Gasteiger partial charge in [-0.1, -0.05) is 12.5 Å². The van der Waals surface area contributed by atoms with Gasteiger partial charge < -0.3 is 15.3 Å². The quantitative estimate of drug-likeness (QED) is 0.309. The second-order valence-corrected chi connectivity index (χ2v) is 8.51. The molecule has 0 radical (unpaired) electrons. The van der Waals surface area contributed by atoms with Crippen LogP contribution in [-0.4, -0.2) is 55.0 Å². The zero-order valence-electron chi connectivity index (χ0n) is 15.9. The number of allylic oxidation sites excluding steroid dienone is 1. The summed E-state index contributed by atoms with van der Waals surface area (Å²) >= 11 is 0. The van der Waals surface area contributed by atoms with Crippen molar-refractivity contribution in [2.24, 2.45) is 0 Å². The molecule has 1 aromatic carbocycles. The van der Waals surface area contributed by atoms with Gasteiger partial charge in [0.25, 0.3) is 0 Å². The van der Waals surface area contributed by atoms with Crippen molar-refractivity contribution in [3.8, 4) is 0 Å². The van der Waals surface area contributed by atoms with Gasteiger partial charge in [-0.15, -0.1) is 0 Å². The third-order valence-electron chi connectivity index (χ3n) is 4.38. The van der Waals surface area contributed by atoms with Crippen LogP contribution in [0.1, 0.15) is 43.5 Å². The van der Waals surface area contributed by atoms with Crippen LogP contribution in [0.3, 0.4) is 0 Å². The molecule has 1 heterocycles. The highest BCUT2D eigenvalue weighted by molar-refractivity contribution is 7.89. The van der Waals surface area contributed by atoms with Gasteiger partial charge in [0, 0.05) is 18.8 Å². The molecule has 1 aromatic rings. The predicted molar refractivity (Wildman–Crippen MR) is 103 cm³/mol. The maximum Gasteiger partial charge on any atom is 0.338 e. The van der Waals surface area contributed by atoms with E-state index in [1.54, 1.807) is 0 Å². The van der Waals surface area contributed by atoms with Crippen molar-refractivity contribution in [1.29, 1.82) is 5.41 Å². The molecule has 0 aromatic heterocycles. The maximum absolute atomic E-state index is 12.7. The number of Topliss-reactive ketones (excluding diaryl/α,β-unsaturated/α-hetero) is 1. The fraction of sp³-hybridized carbons (Fsp3) is 0.421. The number of hydrogen-bond donors (Lipinski definition) is 2. The summed E-state index contributed by atoms with van der Waals surface area (Å²) in [6.07, 6.45) is 2.60. The van der Waals surface area contributed by atoms with Crippen LogP contribution in [0.15, 0.2) is 40.5 Å². The minimum absolute atomic E-state index is 0.00313. The normalized spacial score (nSPS) is 16.2. The van der Waals surface area contributed by atoms with Crippen molar-refractivity contribution in [3.05, 3.63) is 41.2 Å². The predicted octanol–water partition coefficient (Wildman–Crippen LogP) is 2.46. The van der Waals surface area contributed by atoms with Crippen LogP contribution in [0.5, 0.6) is 0 Å². The van der Waals surface area contributed by atoms with Crippen molar-refractivity contribution in [2.45, 2.75) is 38.0 Å². The molecule has 0 spiro atoms. The Hall–Kier alpha value is -2.52. The number of nitrogens with zero attached hydrogens (tertiary/aromatic N) is 1. The first-order valence-corrected chi connectivity index (χ1v) is 10.3. The number of esters is 1. The van der Waals surface area contributed by atoms with Gasteiger partial charge in [-0.2, -0.15) is 4.31 Å². The average Bonchev–Trinajstić information content (AvgIpc) is 2.66. The summed E-state index contributed by atoms with van der Waals surface area (Å²) in [5, 5.41) is 17.4. The third kappa shape index (κ3) is 5.05. The molecule has 0 aliphatic carbocycles. The van der Waals surface area contributed by atoms with E-state index < -0.39 is 34.1 Å². The molecule has 2 rings (SSSR count). The Kier molecular flexibility index (Phi) is 7.09. The Morgan fingerprint density at radius 3 is 2.39 bits per heavy atom. The Morgan fingerprint density at radius 1 is 1.18 bits per heavy atom. The van der Waals surface area contributed by atoms with Gasteiger partial charge in [0.1, 0.15) is 12.4 Å². The van der Waals surface area contributed by atoms with Gasteiger partial charge in [-0.3, -0.25) is 4.79 Å². The number of piperidine rings is 1. The lowest BCUT2D eigenvalue weighted by Gasteiger charge is -2.25. The standard InChI is InChI=1S/C19H24N2O6S/c1-13(20)18(14(2)22)17(23)12-27-19(24)15-7-6-8-16(11-15)28(25,26)21-9-4-3-5-10-21/h6-8,11,20,23H,3-5,9-10,12H2,1-2H3/b18-17-,20-13?. The Labute approximate surface area is 164 Å². The van der Waals surface area contributed by atoms with Gasteiger partial charge in [-0.05, 0) is 44.9 Å². The summed E-state index contributed by atoms with van der Waals surface area (Å²) in [6.45, 7) is 2.84. The van der Waals surface area contributed by atoms with E-state index in [1.807, 2.05) is 0 Å². The van der Waals surface area contributed by atoms with Crippen LogP contribution < -0.4 is 0 Å². The average molecular weight is 408 g/mol. The van der Waals surface area contributed by atoms with Crippen LogP contribution in [0.4, 0.5) is 0 Å². The maximum atomic E-state index is 12.7. The van der Waals surface area contributed by atoms with Crippen LogP contribution in [0.2, 0.25) is 0 Å². The number of hydrogen-bond acceptors (Lipinski definition) is 7. The second-order valence-electron chi connectivity index (χ2n) is 6.57. The van der Waals surface area contributed by atoms with E-state index in [1.165, 1.54) is 42.4 Å². The zero-order chi connectivity index (χ0) is 20.9. The van der Waals surface area contributed by atoms with E-state index in [2.05, 4.69) is 0 Å². The van der Waals surface area contributed by atoms with Crippen LogP contribution in [0.25, 0.3) is 0 Å². The number of nitrogens with one attached hydrogen (secondary N) is 1. The summed E-state index contributed by atoms with van der Waals surface area (Å²) in [6, 6.07) is 5.52. The van der Waals surface area contributed by atoms with E-state index >= 15 is 0 Å². The van der Waals surface area contributed by atoms with Crippen molar-refractivity contribution in [2.75, 3.05) is 19.7 Å². The molecule has 152 valence electrons. The number of sulfonamides is 1. The number of ketones is 1. The number of benzene rings is 1. The molecule has 9 heteroatoms. The molecule has 0 bridgehead atoms. The molecule has 28 heavy (non-hydrogen) atoms. The van der Waals surface area contributed by atoms with Gasteiger partial charge in [0.05, 0.1) is 16.0 Å². The molecule has 0 amide bonds. The Morgan fingerprint density at radius 2 is 1.82 bits per heavy atom. The van der Waals surface area contributed by atoms with Crippen molar-refractivity contribution in [1.82, 2.24) is 4.31 Å². The Bertz CT molecular complexity index is 898. The lowest BCUT2D eigenvalue weighted by molar-refractivity contribution is -0.113. The first-order chi connectivity index (χ1) is 13.1. The van der Waals surface area contributed by atoms with E-state index in [0.717, 1.165) is 19.3 Å². The smallest absolute Gasteiger partial charge is 0.338 e. The lowest BCUT2D eigenvalue weighted by atomic mass is 10.1. The number of carbonyl (C=O) groups is 2. The lowest BCUT2D eigenvalue weighted by Crippen LogP contribution is -2.35. The van der Waals surface area contributed by atoms with Crippen LogP contribution in [0, 0.1) is 5.41 Å². The molecule has 1 aliphatic rings. The minimum Gasteiger partial charge on any atom is -0.508 e. The first-order valence-electron chi connectivity index (χ1n) is 8.90. The minimum atomic E-state index is -3.69. The highest BCUT2D eigenvalue weighted by Crippen LogP contribution is 2.21. The molecule has 1 saturated heterocycles. The van der Waals surface area contributed by atoms with E-state index in [4.69, 9.17) is 10.1 Å². The molecule has 1 fully saturated rings. The first kappa shape index (κ1) is 21.8. The van der Waals surface area contributed by atoms with Crippen LogP contribution in [-0.2, 0) is 19.6 Å². The summed E-state index contributed by atoms with van der Waals surface area (Å²) < 4.78 is 31.8. The van der Waals surface area contributed by atoms with Gasteiger partial charge in [0.15, 0.2) is 5.78 Å².